The Labute approximate surface area is 171 Å². The first kappa shape index (κ1) is 19.0. The van der Waals surface area contributed by atoms with Crippen molar-refractivity contribution in [3.63, 3.8) is 0 Å². The SMILES string of the molecule is Cc1cccc(-c2nnc(-c3ccc(NC(=O)c4ccccc4[N+](=O)[O-])cc3)o2)c1. The molecule has 0 saturated carbocycles. The van der Waals surface area contributed by atoms with Crippen LogP contribution in [-0.2, 0) is 0 Å². The van der Waals surface area contributed by atoms with Gasteiger partial charge in [0.15, 0.2) is 0 Å². The van der Waals surface area contributed by atoms with Crippen LogP contribution in [0, 0.1) is 17.0 Å². The Morgan fingerprint density at radius 1 is 0.933 bits per heavy atom. The van der Waals surface area contributed by atoms with Crippen LogP contribution in [0.4, 0.5) is 11.4 Å². The zero-order chi connectivity index (χ0) is 21.1. The third kappa shape index (κ3) is 3.93. The van der Waals surface area contributed by atoms with Crippen molar-refractivity contribution in [3.8, 4) is 22.9 Å². The molecule has 0 aliphatic heterocycles. The average molecular weight is 400 g/mol. The van der Waals surface area contributed by atoms with Gasteiger partial charge < -0.3 is 9.73 Å². The molecule has 0 atom stereocenters. The molecule has 0 radical (unpaired) electrons. The van der Waals surface area contributed by atoms with E-state index in [4.69, 9.17) is 4.42 Å². The van der Waals surface area contributed by atoms with Gasteiger partial charge in [-0.3, -0.25) is 14.9 Å². The van der Waals surface area contributed by atoms with E-state index >= 15 is 0 Å². The number of aromatic nitrogens is 2. The Hall–Kier alpha value is -4.33. The van der Waals surface area contributed by atoms with Crippen molar-refractivity contribution in [2.24, 2.45) is 0 Å². The maximum absolute atomic E-state index is 12.4. The number of hydrogen-bond acceptors (Lipinski definition) is 6. The van der Waals surface area contributed by atoms with Crippen molar-refractivity contribution < 1.29 is 14.1 Å². The second-order valence-corrected chi connectivity index (χ2v) is 6.59. The predicted octanol–water partition coefficient (Wildman–Crippen LogP) is 4.87. The molecule has 0 fully saturated rings. The quantitative estimate of drug-likeness (QED) is 0.378. The van der Waals surface area contributed by atoms with E-state index in [0.29, 0.717) is 23.0 Å². The molecule has 0 bridgehead atoms. The number of carbonyl (C=O) groups is 1. The van der Waals surface area contributed by atoms with Gasteiger partial charge in [-0.05, 0) is 49.4 Å². The summed E-state index contributed by atoms with van der Waals surface area (Å²) in [5.74, 6) is 0.208. The minimum Gasteiger partial charge on any atom is -0.416 e. The molecule has 1 amide bonds. The Bertz CT molecular complexity index is 1230. The van der Waals surface area contributed by atoms with Crippen LogP contribution in [0.2, 0.25) is 0 Å². The van der Waals surface area contributed by atoms with Gasteiger partial charge in [0.05, 0.1) is 4.92 Å². The van der Waals surface area contributed by atoms with Crippen molar-refractivity contribution in [3.05, 3.63) is 94.0 Å². The third-order valence-corrected chi connectivity index (χ3v) is 4.43. The van der Waals surface area contributed by atoms with Crippen molar-refractivity contribution in [2.45, 2.75) is 6.92 Å². The maximum atomic E-state index is 12.4. The Morgan fingerprint density at radius 3 is 2.33 bits per heavy atom. The normalized spacial score (nSPS) is 10.6. The summed E-state index contributed by atoms with van der Waals surface area (Å²) in [6.07, 6.45) is 0. The first-order valence-electron chi connectivity index (χ1n) is 9.07. The standard InChI is InChI=1S/C22H16N4O4/c1-14-5-4-6-16(13-14)22-25-24-21(30-22)15-9-11-17(12-10-15)23-20(27)18-7-2-3-8-19(18)26(28)29/h2-13H,1H3,(H,23,27). The fourth-order valence-corrected chi connectivity index (χ4v) is 2.95. The lowest BCUT2D eigenvalue weighted by atomic mass is 10.1. The summed E-state index contributed by atoms with van der Waals surface area (Å²) in [4.78, 5) is 22.9. The van der Waals surface area contributed by atoms with Gasteiger partial charge in [0, 0.05) is 22.9 Å². The van der Waals surface area contributed by atoms with Gasteiger partial charge >= 0.3 is 0 Å². The molecule has 30 heavy (non-hydrogen) atoms. The van der Waals surface area contributed by atoms with Crippen molar-refractivity contribution >= 4 is 17.3 Å². The molecule has 8 heteroatoms. The number of nitrogens with zero attached hydrogens (tertiary/aromatic N) is 3. The van der Waals surface area contributed by atoms with Gasteiger partial charge in [0.1, 0.15) is 5.56 Å². The second kappa shape index (κ2) is 7.96. The number of anilines is 1. The zero-order valence-electron chi connectivity index (χ0n) is 15.9. The van der Waals surface area contributed by atoms with E-state index in [1.165, 1.54) is 18.2 Å². The van der Waals surface area contributed by atoms with Crippen LogP contribution in [0.3, 0.4) is 0 Å². The predicted molar refractivity (Wildman–Crippen MR) is 111 cm³/mol. The fraction of sp³-hybridized carbons (Fsp3) is 0.0455. The number of carbonyl (C=O) groups excluding carboxylic acids is 1. The van der Waals surface area contributed by atoms with Gasteiger partial charge in [0.25, 0.3) is 11.6 Å². The number of hydrogen-bond donors (Lipinski definition) is 1. The molecule has 1 aromatic heterocycles. The highest BCUT2D eigenvalue weighted by Gasteiger charge is 2.19. The van der Waals surface area contributed by atoms with E-state index in [0.717, 1.165) is 11.1 Å². The van der Waals surface area contributed by atoms with Gasteiger partial charge in [0.2, 0.25) is 11.8 Å². The van der Waals surface area contributed by atoms with E-state index in [-0.39, 0.29) is 11.3 Å². The van der Waals surface area contributed by atoms with Crippen LogP contribution in [0.5, 0.6) is 0 Å². The number of nitro benzene ring substituents is 1. The summed E-state index contributed by atoms with van der Waals surface area (Å²) in [6, 6.07) is 20.3. The van der Waals surface area contributed by atoms with Crippen molar-refractivity contribution in [2.75, 3.05) is 5.32 Å². The lowest BCUT2D eigenvalue weighted by molar-refractivity contribution is -0.385. The summed E-state index contributed by atoms with van der Waals surface area (Å²) in [6.45, 7) is 1.98. The Morgan fingerprint density at radius 2 is 1.63 bits per heavy atom. The van der Waals surface area contributed by atoms with Crippen molar-refractivity contribution in [1.82, 2.24) is 10.2 Å². The maximum Gasteiger partial charge on any atom is 0.282 e. The van der Waals surface area contributed by atoms with Crippen LogP contribution in [0.15, 0.2) is 77.2 Å². The second-order valence-electron chi connectivity index (χ2n) is 6.59. The number of aryl methyl sites for hydroxylation is 1. The number of para-hydroxylation sites is 1. The van der Waals surface area contributed by atoms with E-state index in [9.17, 15) is 14.9 Å². The number of benzene rings is 3. The summed E-state index contributed by atoms with van der Waals surface area (Å²) >= 11 is 0. The average Bonchev–Trinajstić information content (AvgIpc) is 3.24. The van der Waals surface area contributed by atoms with E-state index in [1.54, 1.807) is 30.3 Å². The van der Waals surface area contributed by atoms with Crippen LogP contribution in [-0.4, -0.2) is 21.0 Å². The van der Waals surface area contributed by atoms with Gasteiger partial charge in [-0.1, -0.05) is 29.8 Å². The largest absolute Gasteiger partial charge is 0.416 e. The van der Waals surface area contributed by atoms with E-state index in [1.807, 2.05) is 31.2 Å². The monoisotopic (exact) mass is 400 g/mol. The lowest BCUT2D eigenvalue weighted by Crippen LogP contribution is -2.13. The summed E-state index contributed by atoms with van der Waals surface area (Å²) in [7, 11) is 0. The first-order valence-corrected chi connectivity index (χ1v) is 9.07. The number of nitrogens with one attached hydrogen (secondary N) is 1. The molecule has 0 saturated heterocycles. The molecule has 148 valence electrons. The zero-order valence-corrected chi connectivity index (χ0v) is 15.9. The molecule has 0 spiro atoms. The van der Waals surface area contributed by atoms with E-state index < -0.39 is 10.8 Å². The van der Waals surface area contributed by atoms with Crippen LogP contribution >= 0.6 is 0 Å². The number of amides is 1. The molecule has 4 aromatic rings. The molecule has 1 heterocycles. The highest BCUT2D eigenvalue weighted by atomic mass is 16.6. The van der Waals surface area contributed by atoms with Crippen LogP contribution < -0.4 is 5.32 Å². The molecule has 8 nitrogen and oxygen atoms in total. The molecular formula is C22H16N4O4. The number of rotatable bonds is 5. The molecule has 3 aromatic carbocycles. The number of nitro groups is 1. The van der Waals surface area contributed by atoms with Gasteiger partial charge in [-0.15, -0.1) is 10.2 Å². The highest BCUT2D eigenvalue weighted by molar-refractivity contribution is 6.07. The fourth-order valence-electron chi connectivity index (χ4n) is 2.95. The van der Waals surface area contributed by atoms with Crippen molar-refractivity contribution in [1.29, 1.82) is 0 Å². The molecular weight excluding hydrogens is 384 g/mol. The molecule has 0 aliphatic carbocycles. The summed E-state index contributed by atoms with van der Waals surface area (Å²) in [5.41, 5.74) is 2.84. The third-order valence-electron chi connectivity index (χ3n) is 4.43. The van der Waals surface area contributed by atoms with Gasteiger partial charge in [-0.25, -0.2) is 0 Å². The molecule has 1 N–H and O–H groups in total. The smallest absolute Gasteiger partial charge is 0.282 e. The Kier molecular flexibility index (Phi) is 5.04. The molecule has 0 unspecified atom stereocenters. The molecule has 0 aliphatic rings. The topological polar surface area (TPSA) is 111 Å². The Balaban J connectivity index is 1.51. The van der Waals surface area contributed by atoms with E-state index in [2.05, 4.69) is 15.5 Å². The molecule has 4 rings (SSSR count). The van der Waals surface area contributed by atoms with Crippen LogP contribution in [0.1, 0.15) is 15.9 Å². The van der Waals surface area contributed by atoms with Gasteiger partial charge in [-0.2, -0.15) is 0 Å². The summed E-state index contributed by atoms with van der Waals surface area (Å²) < 4.78 is 5.76. The minimum atomic E-state index is -0.584. The minimum absolute atomic E-state index is 0.00808. The first-order chi connectivity index (χ1) is 14.5. The summed E-state index contributed by atoms with van der Waals surface area (Å²) in [5, 5.41) is 21.9. The highest BCUT2D eigenvalue weighted by Crippen LogP contribution is 2.26. The lowest BCUT2D eigenvalue weighted by Gasteiger charge is -2.06. The van der Waals surface area contributed by atoms with Crippen LogP contribution in [0.25, 0.3) is 22.9 Å².